The fraction of sp³-hybridized carbons (Fsp3) is 0.357. The summed E-state index contributed by atoms with van der Waals surface area (Å²) in [6, 6.07) is 7.66. The quantitative estimate of drug-likeness (QED) is 0.732. The molecular formula is C14H17NO2. The maximum Gasteiger partial charge on any atom is 0.253 e. The third-order valence-electron chi connectivity index (χ3n) is 2.82. The number of rotatable bonds is 2. The number of ether oxygens (including phenoxy) is 1. The minimum Gasteiger partial charge on any atom is -0.490 e. The molecule has 2 rings (SSSR count). The fourth-order valence-electron chi connectivity index (χ4n) is 1.99. The zero-order valence-corrected chi connectivity index (χ0v) is 10.3. The Hall–Kier alpha value is -1.77. The highest BCUT2D eigenvalue weighted by molar-refractivity contribution is 6.06. The van der Waals surface area contributed by atoms with Gasteiger partial charge in [0.2, 0.25) is 0 Å². The first-order chi connectivity index (χ1) is 8.24. The molecule has 0 bridgehead atoms. The maximum atomic E-state index is 12.3. The zero-order valence-electron chi connectivity index (χ0n) is 10.3. The summed E-state index contributed by atoms with van der Waals surface area (Å²) in [5.74, 6) is 0.860. The summed E-state index contributed by atoms with van der Waals surface area (Å²) < 4.78 is 5.53. The van der Waals surface area contributed by atoms with Crippen molar-refractivity contribution in [2.45, 2.75) is 20.3 Å². The molecule has 90 valence electrons. The molecule has 0 atom stereocenters. The average molecular weight is 231 g/mol. The van der Waals surface area contributed by atoms with E-state index in [-0.39, 0.29) is 5.91 Å². The number of carbonyl (C=O) groups is 1. The number of benzene rings is 1. The number of allylic oxidation sites excluding steroid dienone is 1. The number of hydrogen-bond acceptors (Lipinski definition) is 2. The molecule has 1 aliphatic rings. The lowest BCUT2D eigenvalue weighted by molar-refractivity contribution is -0.115. The van der Waals surface area contributed by atoms with Crippen LogP contribution in [0.5, 0.6) is 5.75 Å². The Labute approximate surface area is 102 Å². The summed E-state index contributed by atoms with van der Waals surface area (Å²) in [5, 5.41) is 0. The van der Waals surface area contributed by atoms with Crippen LogP contribution in [-0.2, 0) is 4.79 Å². The van der Waals surface area contributed by atoms with Crippen LogP contribution in [-0.4, -0.2) is 19.1 Å². The molecule has 1 amide bonds. The Morgan fingerprint density at radius 3 is 3.00 bits per heavy atom. The minimum absolute atomic E-state index is 0.0719. The third kappa shape index (κ3) is 2.33. The molecule has 0 aliphatic carbocycles. The summed E-state index contributed by atoms with van der Waals surface area (Å²) in [5.41, 5.74) is 1.66. The Morgan fingerprint density at radius 2 is 2.24 bits per heavy atom. The molecule has 0 spiro atoms. The number of carbonyl (C=O) groups excluding carboxylic acids is 1. The van der Waals surface area contributed by atoms with Gasteiger partial charge in [0.05, 0.1) is 12.2 Å². The Balaban J connectivity index is 2.30. The summed E-state index contributed by atoms with van der Waals surface area (Å²) in [6.07, 6.45) is 2.84. The van der Waals surface area contributed by atoms with E-state index in [9.17, 15) is 4.79 Å². The monoisotopic (exact) mass is 231 g/mol. The van der Waals surface area contributed by atoms with Gasteiger partial charge in [-0.25, -0.2) is 0 Å². The van der Waals surface area contributed by atoms with Gasteiger partial charge in [0, 0.05) is 5.57 Å². The fourth-order valence-corrected chi connectivity index (χ4v) is 1.99. The summed E-state index contributed by atoms with van der Waals surface area (Å²) in [4.78, 5) is 14.0. The smallest absolute Gasteiger partial charge is 0.253 e. The van der Waals surface area contributed by atoms with Crippen molar-refractivity contribution in [2.75, 3.05) is 18.1 Å². The number of fused-ring (bicyclic) bond motifs is 1. The highest BCUT2D eigenvalue weighted by Gasteiger charge is 2.23. The standard InChI is InChI=1S/C14H17NO2/c1-3-6-11(2)14(16)15-9-10-17-13-8-5-4-7-12(13)15/h4-8H,3,9-10H2,1-2H3. The van der Waals surface area contributed by atoms with E-state index in [1.165, 1.54) is 0 Å². The Kier molecular flexibility index (Phi) is 3.47. The van der Waals surface area contributed by atoms with Crippen molar-refractivity contribution in [3.8, 4) is 5.75 Å². The van der Waals surface area contributed by atoms with Crippen LogP contribution in [0.1, 0.15) is 20.3 Å². The minimum atomic E-state index is 0.0719. The SMILES string of the molecule is CCC=C(C)C(=O)N1CCOc2ccccc21. The van der Waals surface area contributed by atoms with E-state index >= 15 is 0 Å². The molecule has 0 saturated heterocycles. The van der Waals surface area contributed by atoms with Crippen molar-refractivity contribution in [1.82, 2.24) is 0 Å². The van der Waals surface area contributed by atoms with E-state index in [2.05, 4.69) is 0 Å². The predicted molar refractivity (Wildman–Crippen MR) is 68.3 cm³/mol. The molecule has 1 aliphatic heterocycles. The largest absolute Gasteiger partial charge is 0.490 e. The van der Waals surface area contributed by atoms with Gasteiger partial charge < -0.3 is 9.64 Å². The molecule has 1 heterocycles. The van der Waals surface area contributed by atoms with Crippen LogP contribution in [0.15, 0.2) is 35.9 Å². The molecular weight excluding hydrogens is 214 g/mol. The van der Waals surface area contributed by atoms with Crippen molar-refractivity contribution < 1.29 is 9.53 Å². The van der Waals surface area contributed by atoms with E-state index < -0.39 is 0 Å². The summed E-state index contributed by atoms with van der Waals surface area (Å²) in [6.45, 7) is 5.07. The van der Waals surface area contributed by atoms with Crippen molar-refractivity contribution in [3.63, 3.8) is 0 Å². The van der Waals surface area contributed by atoms with E-state index in [0.29, 0.717) is 13.2 Å². The van der Waals surface area contributed by atoms with Crippen LogP contribution in [0.4, 0.5) is 5.69 Å². The normalized spacial score (nSPS) is 15.2. The number of amides is 1. The highest BCUT2D eigenvalue weighted by Crippen LogP contribution is 2.31. The molecule has 3 heteroatoms. The van der Waals surface area contributed by atoms with Gasteiger partial charge in [-0.15, -0.1) is 0 Å². The summed E-state index contributed by atoms with van der Waals surface area (Å²) in [7, 11) is 0. The van der Waals surface area contributed by atoms with Crippen molar-refractivity contribution >= 4 is 11.6 Å². The van der Waals surface area contributed by atoms with E-state index in [0.717, 1.165) is 23.4 Å². The third-order valence-corrected chi connectivity index (χ3v) is 2.82. The Morgan fingerprint density at radius 1 is 1.47 bits per heavy atom. The van der Waals surface area contributed by atoms with Crippen molar-refractivity contribution in [1.29, 1.82) is 0 Å². The van der Waals surface area contributed by atoms with E-state index in [1.807, 2.05) is 44.2 Å². The van der Waals surface area contributed by atoms with Crippen LogP contribution < -0.4 is 9.64 Å². The Bertz CT molecular complexity index is 451. The first kappa shape index (κ1) is 11.7. The summed E-state index contributed by atoms with van der Waals surface area (Å²) >= 11 is 0. The molecule has 0 fully saturated rings. The van der Waals surface area contributed by atoms with E-state index in [1.54, 1.807) is 4.90 Å². The molecule has 1 aromatic rings. The van der Waals surface area contributed by atoms with Gasteiger partial charge in [-0.3, -0.25) is 4.79 Å². The molecule has 17 heavy (non-hydrogen) atoms. The average Bonchev–Trinajstić information content (AvgIpc) is 2.37. The molecule has 1 aromatic carbocycles. The van der Waals surface area contributed by atoms with Crippen molar-refractivity contribution in [3.05, 3.63) is 35.9 Å². The molecule has 0 aromatic heterocycles. The molecule has 0 saturated carbocycles. The molecule has 0 radical (unpaired) electrons. The van der Waals surface area contributed by atoms with Crippen LogP contribution in [0.3, 0.4) is 0 Å². The first-order valence-corrected chi connectivity index (χ1v) is 5.94. The second-order valence-corrected chi connectivity index (χ2v) is 4.07. The zero-order chi connectivity index (χ0) is 12.3. The number of hydrogen-bond donors (Lipinski definition) is 0. The van der Waals surface area contributed by atoms with Crippen LogP contribution >= 0.6 is 0 Å². The van der Waals surface area contributed by atoms with Gasteiger partial charge in [0.1, 0.15) is 12.4 Å². The number of para-hydroxylation sites is 2. The second kappa shape index (κ2) is 5.04. The van der Waals surface area contributed by atoms with Gasteiger partial charge >= 0.3 is 0 Å². The second-order valence-electron chi connectivity index (χ2n) is 4.07. The lowest BCUT2D eigenvalue weighted by Gasteiger charge is -2.29. The first-order valence-electron chi connectivity index (χ1n) is 5.94. The lowest BCUT2D eigenvalue weighted by atomic mass is 10.1. The highest BCUT2D eigenvalue weighted by atomic mass is 16.5. The topological polar surface area (TPSA) is 29.5 Å². The molecule has 0 unspecified atom stereocenters. The predicted octanol–water partition coefficient (Wildman–Crippen LogP) is 2.77. The number of nitrogens with zero attached hydrogens (tertiary/aromatic N) is 1. The van der Waals surface area contributed by atoms with Crippen LogP contribution in [0, 0.1) is 0 Å². The van der Waals surface area contributed by atoms with Crippen LogP contribution in [0.2, 0.25) is 0 Å². The van der Waals surface area contributed by atoms with Crippen molar-refractivity contribution in [2.24, 2.45) is 0 Å². The molecule has 3 nitrogen and oxygen atoms in total. The van der Waals surface area contributed by atoms with Gasteiger partial charge in [0.15, 0.2) is 0 Å². The van der Waals surface area contributed by atoms with Gasteiger partial charge in [-0.1, -0.05) is 25.1 Å². The van der Waals surface area contributed by atoms with Gasteiger partial charge in [-0.05, 0) is 25.5 Å². The number of anilines is 1. The molecule has 0 N–H and O–H groups in total. The van der Waals surface area contributed by atoms with E-state index in [4.69, 9.17) is 4.74 Å². The lowest BCUT2D eigenvalue weighted by Crippen LogP contribution is -2.38. The van der Waals surface area contributed by atoms with Crippen LogP contribution in [0.25, 0.3) is 0 Å². The van der Waals surface area contributed by atoms with Gasteiger partial charge in [-0.2, -0.15) is 0 Å². The van der Waals surface area contributed by atoms with Gasteiger partial charge in [0.25, 0.3) is 5.91 Å². The maximum absolute atomic E-state index is 12.3.